The summed E-state index contributed by atoms with van der Waals surface area (Å²) < 4.78 is 0. The molecule has 0 spiro atoms. The molecular formula is C12H22N4. The summed E-state index contributed by atoms with van der Waals surface area (Å²) in [4.78, 5) is 8.49. The van der Waals surface area contributed by atoms with Crippen LogP contribution in [-0.2, 0) is 0 Å². The Bertz CT molecular complexity index is 286. The fraction of sp³-hybridized carbons (Fsp3) is 0.583. The highest BCUT2D eigenvalue weighted by atomic mass is 15.2. The average Bonchev–Trinajstić information content (AvgIpc) is 2.29. The molecule has 1 atom stereocenters. The van der Waals surface area contributed by atoms with Crippen molar-refractivity contribution in [2.45, 2.75) is 6.04 Å². The first-order valence-corrected chi connectivity index (χ1v) is 5.60. The number of likely N-dealkylation sites (N-methyl/N-ethyl adjacent to an activating group) is 2. The minimum Gasteiger partial charge on any atom is -0.329 e. The van der Waals surface area contributed by atoms with Gasteiger partial charge in [-0.1, -0.05) is 0 Å². The quantitative estimate of drug-likeness (QED) is 0.764. The lowest BCUT2D eigenvalue weighted by atomic mass is 10.1. The van der Waals surface area contributed by atoms with E-state index < -0.39 is 0 Å². The molecule has 90 valence electrons. The zero-order valence-corrected chi connectivity index (χ0v) is 10.4. The van der Waals surface area contributed by atoms with Gasteiger partial charge < -0.3 is 10.6 Å². The van der Waals surface area contributed by atoms with Gasteiger partial charge in [0.1, 0.15) is 0 Å². The van der Waals surface area contributed by atoms with Gasteiger partial charge >= 0.3 is 0 Å². The monoisotopic (exact) mass is 222 g/mol. The van der Waals surface area contributed by atoms with Crippen LogP contribution in [0.15, 0.2) is 24.5 Å². The van der Waals surface area contributed by atoms with Crippen molar-refractivity contribution in [1.82, 2.24) is 14.8 Å². The lowest BCUT2D eigenvalue weighted by Gasteiger charge is -2.28. The first-order valence-electron chi connectivity index (χ1n) is 5.60. The predicted molar refractivity (Wildman–Crippen MR) is 67.2 cm³/mol. The van der Waals surface area contributed by atoms with Gasteiger partial charge in [-0.25, -0.2) is 0 Å². The molecule has 1 heterocycles. The largest absolute Gasteiger partial charge is 0.329 e. The van der Waals surface area contributed by atoms with Crippen LogP contribution in [0.3, 0.4) is 0 Å². The summed E-state index contributed by atoms with van der Waals surface area (Å²) in [5.41, 5.74) is 7.07. The third-order valence-electron chi connectivity index (χ3n) is 2.75. The highest BCUT2D eigenvalue weighted by Gasteiger charge is 2.14. The van der Waals surface area contributed by atoms with Crippen molar-refractivity contribution in [3.8, 4) is 0 Å². The Kier molecular flexibility index (Phi) is 5.38. The Labute approximate surface area is 98.1 Å². The van der Waals surface area contributed by atoms with Gasteiger partial charge in [0.05, 0.1) is 0 Å². The number of pyridine rings is 1. The van der Waals surface area contributed by atoms with Crippen LogP contribution in [0, 0.1) is 0 Å². The maximum Gasteiger partial charge on any atom is 0.0469 e. The summed E-state index contributed by atoms with van der Waals surface area (Å²) in [6, 6.07) is 4.34. The zero-order valence-electron chi connectivity index (χ0n) is 10.4. The van der Waals surface area contributed by atoms with Gasteiger partial charge in [-0.05, 0) is 38.8 Å². The average molecular weight is 222 g/mol. The molecule has 0 amide bonds. The van der Waals surface area contributed by atoms with Crippen LogP contribution in [0.4, 0.5) is 0 Å². The SMILES string of the molecule is CN(C)CCN(C)C(CN)c1ccncc1. The number of nitrogens with zero attached hydrogens (tertiary/aromatic N) is 3. The Morgan fingerprint density at radius 1 is 1.19 bits per heavy atom. The van der Waals surface area contributed by atoms with Crippen molar-refractivity contribution in [3.05, 3.63) is 30.1 Å². The van der Waals surface area contributed by atoms with Crippen molar-refractivity contribution in [1.29, 1.82) is 0 Å². The Morgan fingerprint density at radius 3 is 2.31 bits per heavy atom. The van der Waals surface area contributed by atoms with E-state index in [9.17, 15) is 0 Å². The second-order valence-corrected chi connectivity index (χ2v) is 4.32. The van der Waals surface area contributed by atoms with E-state index in [0.717, 1.165) is 13.1 Å². The van der Waals surface area contributed by atoms with E-state index >= 15 is 0 Å². The van der Waals surface area contributed by atoms with E-state index in [1.165, 1.54) is 5.56 Å². The second-order valence-electron chi connectivity index (χ2n) is 4.32. The number of rotatable bonds is 6. The molecule has 0 fully saturated rings. The molecule has 0 aliphatic rings. The van der Waals surface area contributed by atoms with Gasteiger partial charge in [0.15, 0.2) is 0 Å². The van der Waals surface area contributed by atoms with E-state index in [0.29, 0.717) is 6.54 Å². The van der Waals surface area contributed by atoms with Crippen LogP contribution in [0.1, 0.15) is 11.6 Å². The molecule has 0 aliphatic carbocycles. The topological polar surface area (TPSA) is 45.4 Å². The summed E-state index contributed by atoms with van der Waals surface area (Å²) in [5.74, 6) is 0. The van der Waals surface area contributed by atoms with Gasteiger partial charge in [-0.3, -0.25) is 9.88 Å². The summed E-state index contributed by atoms with van der Waals surface area (Å²) in [5, 5.41) is 0. The molecule has 0 aliphatic heterocycles. The Morgan fingerprint density at radius 2 is 1.81 bits per heavy atom. The molecule has 16 heavy (non-hydrogen) atoms. The first kappa shape index (κ1) is 13.1. The van der Waals surface area contributed by atoms with Gasteiger partial charge in [0, 0.05) is 38.1 Å². The highest BCUT2D eigenvalue weighted by molar-refractivity contribution is 5.15. The number of hydrogen-bond donors (Lipinski definition) is 1. The molecule has 2 N–H and O–H groups in total. The van der Waals surface area contributed by atoms with Crippen LogP contribution in [0.5, 0.6) is 0 Å². The van der Waals surface area contributed by atoms with Crippen molar-refractivity contribution in [3.63, 3.8) is 0 Å². The first-order chi connectivity index (χ1) is 7.65. The van der Waals surface area contributed by atoms with Gasteiger partial charge in [-0.15, -0.1) is 0 Å². The molecule has 1 unspecified atom stereocenters. The summed E-state index contributed by atoms with van der Waals surface area (Å²) >= 11 is 0. The molecular weight excluding hydrogens is 200 g/mol. The van der Waals surface area contributed by atoms with E-state index in [4.69, 9.17) is 5.73 Å². The normalized spacial score (nSPS) is 13.4. The van der Waals surface area contributed by atoms with Crippen LogP contribution >= 0.6 is 0 Å². The minimum absolute atomic E-state index is 0.281. The van der Waals surface area contributed by atoms with Crippen molar-refractivity contribution < 1.29 is 0 Å². The molecule has 4 heteroatoms. The van der Waals surface area contributed by atoms with Gasteiger partial charge in [0.2, 0.25) is 0 Å². The molecule has 1 aromatic heterocycles. The minimum atomic E-state index is 0.281. The molecule has 0 aromatic carbocycles. The molecule has 1 rings (SSSR count). The van der Waals surface area contributed by atoms with Crippen molar-refractivity contribution in [2.24, 2.45) is 5.73 Å². The maximum atomic E-state index is 5.84. The van der Waals surface area contributed by atoms with E-state index in [-0.39, 0.29) is 6.04 Å². The number of hydrogen-bond acceptors (Lipinski definition) is 4. The van der Waals surface area contributed by atoms with Crippen LogP contribution < -0.4 is 5.73 Å². The van der Waals surface area contributed by atoms with E-state index in [2.05, 4.69) is 35.9 Å². The fourth-order valence-corrected chi connectivity index (χ4v) is 1.67. The molecule has 0 bridgehead atoms. The van der Waals surface area contributed by atoms with Gasteiger partial charge in [0.25, 0.3) is 0 Å². The summed E-state index contributed by atoms with van der Waals surface area (Å²) in [6.07, 6.45) is 3.63. The highest BCUT2D eigenvalue weighted by Crippen LogP contribution is 2.16. The number of nitrogens with two attached hydrogens (primary N) is 1. The Balaban J connectivity index is 2.60. The maximum absolute atomic E-state index is 5.84. The molecule has 1 aromatic rings. The summed E-state index contributed by atoms with van der Waals surface area (Å²) in [6.45, 7) is 2.68. The van der Waals surface area contributed by atoms with Crippen molar-refractivity contribution >= 4 is 0 Å². The standard InChI is InChI=1S/C12H22N4/c1-15(2)8-9-16(3)12(10-13)11-4-6-14-7-5-11/h4-7,12H,8-10,13H2,1-3H3. The lowest BCUT2D eigenvalue weighted by Crippen LogP contribution is -2.35. The Hall–Kier alpha value is -0.970. The van der Waals surface area contributed by atoms with Crippen LogP contribution in [0.2, 0.25) is 0 Å². The third kappa shape index (κ3) is 3.89. The van der Waals surface area contributed by atoms with Crippen LogP contribution in [0.25, 0.3) is 0 Å². The van der Waals surface area contributed by atoms with Crippen molar-refractivity contribution in [2.75, 3.05) is 40.8 Å². The molecule has 0 saturated heterocycles. The summed E-state index contributed by atoms with van der Waals surface area (Å²) in [7, 11) is 6.27. The third-order valence-corrected chi connectivity index (χ3v) is 2.75. The molecule has 4 nitrogen and oxygen atoms in total. The van der Waals surface area contributed by atoms with Gasteiger partial charge in [-0.2, -0.15) is 0 Å². The number of aromatic nitrogens is 1. The zero-order chi connectivity index (χ0) is 12.0. The molecule has 0 saturated carbocycles. The van der Waals surface area contributed by atoms with Crippen LogP contribution in [-0.4, -0.2) is 55.6 Å². The second kappa shape index (κ2) is 6.58. The fourth-order valence-electron chi connectivity index (χ4n) is 1.67. The lowest BCUT2D eigenvalue weighted by molar-refractivity contribution is 0.222. The molecule has 0 radical (unpaired) electrons. The van der Waals surface area contributed by atoms with E-state index in [1.807, 2.05) is 24.5 Å². The predicted octanol–water partition coefficient (Wildman–Crippen LogP) is 0.575. The smallest absolute Gasteiger partial charge is 0.0469 e. The van der Waals surface area contributed by atoms with E-state index in [1.54, 1.807) is 0 Å².